The van der Waals surface area contributed by atoms with Gasteiger partial charge in [0.05, 0.1) is 0 Å². The van der Waals surface area contributed by atoms with Crippen LogP contribution in [0.25, 0.3) is 16.0 Å². The highest BCUT2D eigenvalue weighted by atomic mass is 32.1. The van der Waals surface area contributed by atoms with Crippen molar-refractivity contribution in [2.45, 2.75) is 51.4 Å². The van der Waals surface area contributed by atoms with E-state index in [-0.39, 0.29) is 10.8 Å². The lowest BCUT2D eigenvalue weighted by Gasteiger charge is -2.31. The van der Waals surface area contributed by atoms with E-state index in [1.807, 2.05) is 0 Å². The number of fused-ring (bicyclic) bond motifs is 2. The van der Waals surface area contributed by atoms with Crippen LogP contribution in [0.2, 0.25) is 0 Å². The maximum atomic E-state index is 4.74. The Morgan fingerprint density at radius 2 is 1.65 bits per heavy atom. The fraction of sp³-hybridized carbons (Fsp3) is 0.381. The summed E-state index contributed by atoms with van der Waals surface area (Å²) in [5.41, 5.74) is 3.43. The van der Waals surface area contributed by atoms with Crippen molar-refractivity contribution in [2.75, 3.05) is 0 Å². The van der Waals surface area contributed by atoms with Gasteiger partial charge in [-0.1, -0.05) is 45.1 Å². The average molecular weight is 365 g/mol. The third kappa shape index (κ3) is 3.01. The van der Waals surface area contributed by atoms with Crippen molar-refractivity contribution in [1.29, 1.82) is 0 Å². The molecule has 0 saturated heterocycles. The second-order valence-corrected chi connectivity index (χ2v) is 9.16. The Hall–Kier alpha value is -2.27. The van der Waals surface area contributed by atoms with Gasteiger partial charge < -0.3 is 4.40 Å². The van der Waals surface area contributed by atoms with Crippen molar-refractivity contribution in [1.82, 2.24) is 19.4 Å². The van der Waals surface area contributed by atoms with Crippen LogP contribution >= 0.6 is 11.3 Å². The third-order valence-corrected chi connectivity index (χ3v) is 6.57. The molecule has 134 valence electrons. The number of rotatable bonds is 5. The minimum atomic E-state index is -0.00506. The van der Waals surface area contributed by atoms with Crippen LogP contribution in [0.15, 0.2) is 48.9 Å². The molecule has 4 aromatic heterocycles. The first-order valence-corrected chi connectivity index (χ1v) is 9.83. The van der Waals surface area contributed by atoms with Gasteiger partial charge in [-0.3, -0.25) is 0 Å². The van der Waals surface area contributed by atoms with E-state index in [0.29, 0.717) is 0 Å². The summed E-state index contributed by atoms with van der Waals surface area (Å²) in [5, 5.41) is 1.12. The van der Waals surface area contributed by atoms with Gasteiger partial charge in [0.2, 0.25) is 0 Å². The molecule has 0 unspecified atom stereocenters. The normalized spacial score (nSPS) is 12.9. The van der Waals surface area contributed by atoms with Gasteiger partial charge in [0.1, 0.15) is 5.01 Å². The number of hydrogen-bond acceptors (Lipinski definition) is 4. The van der Waals surface area contributed by atoms with Crippen LogP contribution in [0, 0.1) is 0 Å². The number of pyridine rings is 1. The van der Waals surface area contributed by atoms with E-state index in [4.69, 9.17) is 4.98 Å². The standard InChI is InChI=1S/C21H24N4S/c1-20(2,16-9-5-7-15-8-6-14-25(15)16)10-11-21(3,4)19-24-17-18(26-19)23-13-12-22-17/h5-9,12-14H,10-11H2,1-4H3. The molecule has 0 spiro atoms. The summed E-state index contributed by atoms with van der Waals surface area (Å²) >= 11 is 1.66. The van der Waals surface area contributed by atoms with Crippen LogP contribution in [0.5, 0.6) is 0 Å². The molecule has 4 rings (SSSR count). The molecule has 0 amide bonds. The maximum Gasteiger partial charge on any atom is 0.189 e. The summed E-state index contributed by atoms with van der Waals surface area (Å²) in [5.74, 6) is 0. The minimum absolute atomic E-state index is 0.00506. The summed E-state index contributed by atoms with van der Waals surface area (Å²) in [6.45, 7) is 9.21. The van der Waals surface area contributed by atoms with E-state index in [1.165, 1.54) is 11.2 Å². The van der Waals surface area contributed by atoms with Gasteiger partial charge in [0.15, 0.2) is 10.5 Å². The Labute approximate surface area is 158 Å². The first-order chi connectivity index (χ1) is 12.4. The predicted octanol–water partition coefficient (Wildman–Crippen LogP) is 5.37. The van der Waals surface area contributed by atoms with Crippen molar-refractivity contribution >= 4 is 27.3 Å². The maximum absolute atomic E-state index is 4.74. The van der Waals surface area contributed by atoms with Crippen LogP contribution in [0.1, 0.15) is 51.2 Å². The predicted molar refractivity (Wildman–Crippen MR) is 108 cm³/mol. The number of hydrogen-bond donors (Lipinski definition) is 0. The molecule has 0 atom stereocenters. The SMILES string of the molecule is CC(C)(CCC(C)(C)c1cccc2cccn12)c1nc2nccnc2s1. The molecular formula is C21H24N4S. The van der Waals surface area contributed by atoms with Crippen LogP contribution < -0.4 is 0 Å². The monoisotopic (exact) mass is 364 g/mol. The van der Waals surface area contributed by atoms with Gasteiger partial charge in [0.25, 0.3) is 0 Å². The van der Waals surface area contributed by atoms with Gasteiger partial charge in [0, 0.05) is 40.6 Å². The van der Waals surface area contributed by atoms with Crippen LogP contribution in [-0.2, 0) is 10.8 Å². The lowest BCUT2D eigenvalue weighted by molar-refractivity contribution is 0.366. The largest absolute Gasteiger partial charge is 0.320 e. The van der Waals surface area contributed by atoms with Gasteiger partial charge in [-0.15, -0.1) is 0 Å². The fourth-order valence-electron chi connectivity index (χ4n) is 3.45. The summed E-state index contributed by atoms with van der Waals surface area (Å²) < 4.78 is 2.30. The van der Waals surface area contributed by atoms with E-state index >= 15 is 0 Å². The smallest absolute Gasteiger partial charge is 0.189 e. The van der Waals surface area contributed by atoms with Crippen molar-refractivity contribution in [3.05, 3.63) is 59.6 Å². The first-order valence-electron chi connectivity index (χ1n) is 9.01. The van der Waals surface area contributed by atoms with E-state index in [2.05, 4.69) is 78.6 Å². The lowest BCUT2D eigenvalue weighted by Crippen LogP contribution is -2.26. The molecule has 5 heteroatoms. The molecule has 0 aliphatic carbocycles. The molecule has 0 fully saturated rings. The molecule has 4 nitrogen and oxygen atoms in total. The molecule has 0 aliphatic heterocycles. The number of aromatic nitrogens is 4. The topological polar surface area (TPSA) is 43.1 Å². The zero-order chi connectivity index (χ0) is 18.4. The van der Waals surface area contributed by atoms with Gasteiger partial charge in [-0.05, 0) is 37.1 Å². The highest BCUT2D eigenvalue weighted by molar-refractivity contribution is 7.18. The molecule has 0 N–H and O–H groups in total. The van der Waals surface area contributed by atoms with Crippen LogP contribution in [-0.4, -0.2) is 19.4 Å². The number of thiazole rings is 1. The number of nitrogens with zero attached hydrogens (tertiary/aromatic N) is 4. The zero-order valence-corrected chi connectivity index (χ0v) is 16.5. The zero-order valence-electron chi connectivity index (χ0n) is 15.7. The highest BCUT2D eigenvalue weighted by Crippen LogP contribution is 2.38. The van der Waals surface area contributed by atoms with E-state index in [0.717, 1.165) is 28.3 Å². The molecule has 4 aromatic rings. The van der Waals surface area contributed by atoms with Crippen molar-refractivity contribution in [2.24, 2.45) is 0 Å². The van der Waals surface area contributed by atoms with Crippen LogP contribution in [0.4, 0.5) is 0 Å². The molecule has 0 bridgehead atoms. The summed E-state index contributed by atoms with van der Waals surface area (Å²) in [6, 6.07) is 10.8. The lowest BCUT2D eigenvalue weighted by atomic mass is 9.77. The van der Waals surface area contributed by atoms with Gasteiger partial charge >= 0.3 is 0 Å². The van der Waals surface area contributed by atoms with E-state index in [9.17, 15) is 0 Å². The molecule has 0 saturated carbocycles. The summed E-state index contributed by atoms with van der Waals surface area (Å²) in [6.07, 6.45) is 7.73. The van der Waals surface area contributed by atoms with Crippen molar-refractivity contribution < 1.29 is 0 Å². The van der Waals surface area contributed by atoms with Gasteiger partial charge in [-0.25, -0.2) is 15.0 Å². The Bertz CT molecular complexity index is 1020. The third-order valence-electron chi connectivity index (χ3n) is 5.26. The first kappa shape index (κ1) is 17.2. The Kier molecular flexibility index (Phi) is 4.07. The fourth-order valence-corrected chi connectivity index (χ4v) is 4.44. The molecule has 4 heterocycles. The molecule has 26 heavy (non-hydrogen) atoms. The van der Waals surface area contributed by atoms with E-state index < -0.39 is 0 Å². The second-order valence-electron chi connectivity index (χ2n) is 8.19. The Morgan fingerprint density at radius 3 is 2.46 bits per heavy atom. The van der Waals surface area contributed by atoms with Gasteiger partial charge in [-0.2, -0.15) is 0 Å². The summed E-state index contributed by atoms with van der Waals surface area (Å²) in [7, 11) is 0. The quantitative estimate of drug-likeness (QED) is 0.478. The van der Waals surface area contributed by atoms with E-state index in [1.54, 1.807) is 23.7 Å². The summed E-state index contributed by atoms with van der Waals surface area (Å²) in [4.78, 5) is 14.4. The van der Waals surface area contributed by atoms with Crippen molar-refractivity contribution in [3.8, 4) is 0 Å². The minimum Gasteiger partial charge on any atom is -0.320 e. The van der Waals surface area contributed by atoms with Crippen LogP contribution in [0.3, 0.4) is 0 Å². The Morgan fingerprint density at radius 1 is 0.923 bits per heavy atom. The molecule has 0 radical (unpaired) electrons. The molecular weight excluding hydrogens is 340 g/mol. The molecule has 0 aliphatic rings. The highest BCUT2D eigenvalue weighted by Gasteiger charge is 2.30. The average Bonchev–Trinajstić information content (AvgIpc) is 3.26. The second kappa shape index (κ2) is 6.16. The van der Waals surface area contributed by atoms with Crippen molar-refractivity contribution in [3.63, 3.8) is 0 Å². The molecule has 0 aromatic carbocycles. The Balaban J connectivity index is 1.59.